The summed E-state index contributed by atoms with van der Waals surface area (Å²) in [5, 5.41) is 5.57. The van der Waals surface area contributed by atoms with Gasteiger partial charge in [0.05, 0.1) is 23.6 Å². The first-order valence-corrected chi connectivity index (χ1v) is 11.1. The van der Waals surface area contributed by atoms with Crippen LogP contribution in [0.2, 0.25) is 5.02 Å². The van der Waals surface area contributed by atoms with Gasteiger partial charge >= 0.3 is 0 Å². The first-order valence-electron chi connectivity index (χ1n) is 10.7. The first kappa shape index (κ1) is 20.7. The Hall–Kier alpha value is -2.59. The van der Waals surface area contributed by atoms with E-state index < -0.39 is 0 Å². The molecule has 1 heterocycles. The summed E-state index contributed by atoms with van der Waals surface area (Å²) in [6.45, 7) is 2.58. The van der Waals surface area contributed by atoms with Gasteiger partial charge in [-0.15, -0.1) is 0 Å². The molecule has 0 bridgehead atoms. The summed E-state index contributed by atoms with van der Waals surface area (Å²) >= 11 is 6.09. The number of halogens is 1. The molecule has 5 heteroatoms. The molecule has 1 saturated carbocycles. The fraction of sp³-hybridized carbons (Fsp3) is 0.360. The van der Waals surface area contributed by atoms with E-state index in [2.05, 4.69) is 37.3 Å². The van der Waals surface area contributed by atoms with E-state index in [1.165, 1.54) is 12.0 Å². The van der Waals surface area contributed by atoms with Gasteiger partial charge < -0.3 is 4.90 Å². The van der Waals surface area contributed by atoms with Crippen LogP contribution in [0.4, 0.5) is 0 Å². The summed E-state index contributed by atoms with van der Waals surface area (Å²) in [4.78, 5) is 14.7. The van der Waals surface area contributed by atoms with Crippen LogP contribution in [0.25, 0.3) is 16.9 Å². The van der Waals surface area contributed by atoms with E-state index in [4.69, 9.17) is 16.7 Å². The van der Waals surface area contributed by atoms with E-state index in [9.17, 15) is 4.79 Å². The molecule has 0 spiro atoms. The average Bonchev–Trinajstić information content (AvgIpc) is 3.18. The second kappa shape index (κ2) is 9.05. The van der Waals surface area contributed by atoms with Gasteiger partial charge in [-0.1, -0.05) is 60.7 Å². The van der Waals surface area contributed by atoms with Gasteiger partial charge in [0.15, 0.2) is 0 Å². The molecule has 156 valence electrons. The molecule has 0 radical (unpaired) electrons. The highest BCUT2D eigenvalue weighted by Crippen LogP contribution is 2.28. The lowest BCUT2D eigenvalue weighted by Gasteiger charge is -2.25. The van der Waals surface area contributed by atoms with Crippen molar-refractivity contribution in [3.8, 4) is 16.9 Å². The Balaban J connectivity index is 1.63. The maximum absolute atomic E-state index is 12.9. The number of amides is 1. The van der Waals surface area contributed by atoms with Crippen molar-refractivity contribution >= 4 is 17.5 Å². The number of carbonyl (C=O) groups excluding carboxylic acids is 1. The zero-order valence-electron chi connectivity index (χ0n) is 17.6. The Morgan fingerprint density at radius 2 is 1.73 bits per heavy atom. The largest absolute Gasteiger partial charge is 0.340 e. The van der Waals surface area contributed by atoms with Gasteiger partial charge in [-0.2, -0.15) is 5.10 Å². The lowest BCUT2D eigenvalue weighted by molar-refractivity contribution is -0.135. The number of benzene rings is 2. The number of aryl methyl sites for hydroxylation is 1. The summed E-state index contributed by atoms with van der Waals surface area (Å²) in [7, 11) is 1.89. The van der Waals surface area contributed by atoms with Crippen molar-refractivity contribution in [3.05, 3.63) is 70.9 Å². The molecule has 1 fully saturated rings. The van der Waals surface area contributed by atoms with Crippen LogP contribution < -0.4 is 0 Å². The van der Waals surface area contributed by atoms with Crippen LogP contribution in [-0.4, -0.2) is 27.6 Å². The molecular formula is C25H28ClN3O. The summed E-state index contributed by atoms with van der Waals surface area (Å²) in [6.07, 6.45) is 5.59. The third kappa shape index (κ3) is 4.59. The smallest absolute Gasteiger partial charge is 0.225 e. The van der Waals surface area contributed by atoms with Crippen LogP contribution in [0.3, 0.4) is 0 Å². The minimum absolute atomic E-state index is 0.165. The Morgan fingerprint density at radius 3 is 2.40 bits per heavy atom. The number of aromatic nitrogens is 2. The lowest BCUT2D eigenvalue weighted by atomic mass is 9.88. The third-order valence-electron chi connectivity index (χ3n) is 5.91. The highest BCUT2D eigenvalue weighted by atomic mass is 35.5. The van der Waals surface area contributed by atoms with Crippen molar-refractivity contribution in [1.29, 1.82) is 0 Å². The van der Waals surface area contributed by atoms with Gasteiger partial charge in [0.2, 0.25) is 5.91 Å². The predicted molar refractivity (Wildman–Crippen MR) is 122 cm³/mol. The number of carbonyl (C=O) groups is 1. The summed E-state index contributed by atoms with van der Waals surface area (Å²) < 4.78 is 1.96. The van der Waals surface area contributed by atoms with E-state index in [-0.39, 0.29) is 11.8 Å². The topological polar surface area (TPSA) is 38.1 Å². The maximum Gasteiger partial charge on any atom is 0.225 e. The molecule has 0 atom stereocenters. The zero-order chi connectivity index (χ0) is 21.1. The molecule has 30 heavy (non-hydrogen) atoms. The van der Waals surface area contributed by atoms with Crippen molar-refractivity contribution < 1.29 is 4.79 Å². The summed E-state index contributed by atoms with van der Waals surface area (Å²) in [6, 6.07) is 18.2. The third-order valence-corrected chi connectivity index (χ3v) is 6.16. The first-order chi connectivity index (χ1) is 14.5. The molecule has 1 aliphatic carbocycles. The lowest BCUT2D eigenvalue weighted by Crippen LogP contribution is -2.33. The quantitative estimate of drug-likeness (QED) is 0.503. The van der Waals surface area contributed by atoms with Gasteiger partial charge in [0.25, 0.3) is 0 Å². The number of rotatable bonds is 5. The van der Waals surface area contributed by atoms with Gasteiger partial charge in [0.1, 0.15) is 0 Å². The SMILES string of the molecule is Cc1ccc(-n2nc(CN(C)C(=O)C3CCCCC3)cc2-c2ccc(Cl)cc2)cc1. The van der Waals surface area contributed by atoms with E-state index >= 15 is 0 Å². The molecule has 3 aromatic rings. The van der Waals surface area contributed by atoms with Gasteiger partial charge in [-0.3, -0.25) is 4.79 Å². The summed E-state index contributed by atoms with van der Waals surface area (Å²) in [5.74, 6) is 0.409. The van der Waals surface area contributed by atoms with Crippen LogP contribution in [0.15, 0.2) is 54.6 Å². The molecule has 4 nitrogen and oxygen atoms in total. The van der Waals surface area contributed by atoms with E-state index in [0.717, 1.165) is 48.3 Å². The van der Waals surface area contributed by atoms with Gasteiger partial charge in [-0.05, 0) is 50.1 Å². The number of nitrogens with zero attached hydrogens (tertiary/aromatic N) is 3. The second-order valence-electron chi connectivity index (χ2n) is 8.30. The second-order valence-corrected chi connectivity index (χ2v) is 8.74. The molecule has 2 aromatic carbocycles. The molecular weight excluding hydrogens is 394 g/mol. The van der Waals surface area contributed by atoms with Crippen LogP contribution in [0, 0.1) is 12.8 Å². The van der Waals surface area contributed by atoms with Crippen LogP contribution in [0.1, 0.15) is 43.4 Å². The Labute approximate surface area is 183 Å². The van der Waals surface area contributed by atoms with E-state index in [0.29, 0.717) is 11.6 Å². The Morgan fingerprint density at radius 1 is 1.07 bits per heavy atom. The summed E-state index contributed by atoms with van der Waals surface area (Å²) in [5.41, 5.74) is 5.12. The van der Waals surface area contributed by atoms with Crippen molar-refractivity contribution in [1.82, 2.24) is 14.7 Å². The molecule has 4 rings (SSSR count). The normalized spacial score (nSPS) is 14.6. The fourth-order valence-electron chi connectivity index (χ4n) is 4.20. The molecule has 0 saturated heterocycles. The number of hydrogen-bond donors (Lipinski definition) is 0. The van der Waals surface area contributed by atoms with Crippen molar-refractivity contribution in [3.63, 3.8) is 0 Å². The Bertz CT molecular complexity index is 939. The minimum Gasteiger partial charge on any atom is -0.340 e. The molecule has 0 aliphatic heterocycles. The van der Waals surface area contributed by atoms with Crippen molar-refractivity contribution in [2.24, 2.45) is 5.92 Å². The molecule has 1 aliphatic rings. The number of hydrogen-bond acceptors (Lipinski definition) is 2. The maximum atomic E-state index is 12.9. The molecule has 0 unspecified atom stereocenters. The van der Waals surface area contributed by atoms with Gasteiger partial charge in [0, 0.05) is 23.6 Å². The Kier molecular flexibility index (Phi) is 6.24. The fourth-order valence-corrected chi connectivity index (χ4v) is 4.32. The predicted octanol–water partition coefficient (Wildman–Crippen LogP) is 6.04. The van der Waals surface area contributed by atoms with Crippen molar-refractivity contribution in [2.75, 3.05) is 7.05 Å². The van der Waals surface area contributed by atoms with Crippen molar-refractivity contribution in [2.45, 2.75) is 45.6 Å². The average molecular weight is 422 g/mol. The molecule has 1 aromatic heterocycles. The van der Waals surface area contributed by atoms with Crippen LogP contribution in [-0.2, 0) is 11.3 Å². The zero-order valence-corrected chi connectivity index (χ0v) is 18.4. The molecule has 0 N–H and O–H groups in total. The van der Waals surface area contributed by atoms with E-state index in [1.807, 2.05) is 40.9 Å². The molecule has 1 amide bonds. The standard InChI is InChI=1S/C25H28ClN3O/c1-18-8-14-23(15-9-18)29-24(19-10-12-21(26)13-11-19)16-22(27-29)17-28(2)25(30)20-6-4-3-5-7-20/h8-16,20H,3-7,17H2,1-2H3. The van der Waals surface area contributed by atoms with Gasteiger partial charge in [-0.25, -0.2) is 4.68 Å². The monoisotopic (exact) mass is 421 g/mol. The minimum atomic E-state index is 0.165. The van der Waals surface area contributed by atoms with E-state index in [1.54, 1.807) is 0 Å². The van der Waals surface area contributed by atoms with Crippen LogP contribution >= 0.6 is 11.6 Å². The highest BCUT2D eigenvalue weighted by Gasteiger charge is 2.25. The van der Waals surface area contributed by atoms with Crippen LogP contribution in [0.5, 0.6) is 0 Å². The highest BCUT2D eigenvalue weighted by molar-refractivity contribution is 6.30.